The molecule has 5 nitrogen and oxygen atoms in total. The Morgan fingerprint density at radius 2 is 1.96 bits per heavy atom. The third kappa shape index (κ3) is 5.37. The first kappa shape index (κ1) is 21.4. The fraction of sp³-hybridized carbons (Fsp3) is 0.450. The summed E-state index contributed by atoms with van der Waals surface area (Å²) in [6.45, 7) is 5.26. The van der Waals surface area contributed by atoms with E-state index in [1.54, 1.807) is 17.8 Å². The maximum absolute atomic E-state index is 12.8. The van der Waals surface area contributed by atoms with Gasteiger partial charge in [-0.2, -0.15) is 4.31 Å². The van der Waals surface area contributed by atoms with Gasteiger partial charge in [-0.3, -0.25) is 4.79 Å². The summed E-state index contributed by atoms with van der Waals surface area (Å²) in [5, 5.41) is 2.97. The topological polar surface area (TPSA) is 66.5 Å². The van der Waals surface area contributed by atoms with Crippen LogP contribution in [0.2, 0.25) is 0 Å². The lowest BCUT2D eigenvalue weighted by Gasteiger charge is -2.30. The Morgan fingerprint density at radius 1 is 1.21 bits per heavy atom. The number of thioether (sulfide) groups is 1. The number of sulfonamides is 1. The van der Waals surface area contributed by atoms with Crippen molar-refractivity contribution in [2.45, 2.75) is 35.8 Å². The predicted molar refractivity (Wildman–Crippen MR) is 115 cm³/mol. The second-order valence-electron chi connectivity index (χ2n) is 7.02. The van der Waals surface area contributed by atoms with Gasteiger partial charge in [0, 0.05) is 35.2 Å². The SMILES string of the molecule is Cc1ccc(SCCNC(=O)C2CCCN(S(=O)(=O)c3ccc(C)s3)C2)cc1. The molecule has 152 valence electrons. The summed E-state index contributed by atoms with van der Waals surface area (Å²) in [4.78, 5) is 14.7. The number of amides is 1. The van der Waals surface area contributed by atoms with E-state index in [-0.39, 0.29) is 18.4 Å². The van der Waals surface area contributed by atoms with Crippen LogP contribution in [0.1, 0.15) is 23.3 Å². The maximum atomic E-state index is 12.8. The molecule has 1 aliphatic heterocycles. The van der Waals surface area contributed by atoms with Crippen LogP contribution in [-0.2, 0) is 14.8 Å². The molecule has 2 aromatic rings. The highest BCUT2D eigenvalue weighted by Gasteiger charge is 2.33. The maximum Gasteiger partial charge on any atom is 0.252 e. The molecule has 1 atom stereocenters. The Labute approximate surface area is 175 Å². The number of carbonyl (C=O) groups is 1. The van der Waals surface area contributed by atoms with Crippen LogP contribution >= 0.6 is 23.1 Å². The Bertz CT molecular complexity index is 907. The number of hydrogen-bond acceptors (Lipinski definition) is 5. The molecule has 1 unspecified atom stereocenters. The molecule has 0 bridgehead atoms. The number of thiophene rings is 1. The lowest BCUT2D eigenvalue weighted by atomic mass is 9.99. The molecular formula is C20H26N2O3S3. The van der Waals surface area contributed by atoms with E-state index in [9.17, 15) is 13.2 Å². The lowest BCUT2D eigenvalue weighted by Crippen LogP contribution is -2.45. The van der Waals surface area contributed by atoms with Crippen LogP contribution in [0.25, 0.3) is 0 Å². The zero-order valence-corrected chi connectivity index (χ0v) is 18.6. The Morgan fingerprint density at radius 3 is 2.64 bits per heavy atom. The Balaban J connectivity index is 1.49. The molecule has 8 heteroatoms. The van der Waals surface area contributed by atoms with E-state index in [1.165, 1.54) is 26.1 Å². The third-order valence-electron chi connectivity index (χ3n) is 4.76. The second-order valence-corrected chi connectivity index (χ2v) is 11.6. The molecule has 1 N–H and O–H groups in total. The summed E-state index contributed by atoms with van der Waals surface area (Å²) in [7, 11) is -3.50. The van der Waals surface area contributed by atoms with Crippen LogP contribution in [0.4, 0.5) is 0 Å². The van der Waals surface area contributed by atoms with E-state index >= 15 is 0 Å². The zero-order chi connectivity index (χ0) is 20.1. The van der Waals surface area contributed by atoms with E-state index in [4.69, 9.17) is 0 Å². The molecule has 1 fully saturated rings. The summed E-state index contributed by atoms with van der Waals surface area (Å²) in [5.41, 5.74) is 1.23. The van der Waals surface area contributed by atoms with E-state index in [1.807, 2.05) is 13.0 Å². The summed E-state index contributed by atoms with van der Waals surface area (Å²) in [5.74, 6) is 0.457. The summed E-state index contributed by atoms with van der Waals surface area (Å²) in [6, 6.07) is 11.8. The average molecular weight is 439 g/mol. The average Bonchev–Trinajstić information content (AvgIpc) is 3.14. The van der Waals surface area contributed by atoms with Crippen LogP contribution in [-0.4, -0.2) is 44.0 Å². The number of piperidine rings is 1. The van der Waals surface area contributed by atoms with Crippen molar-refractivity contribution in [3.63, 3.8) is 0 Å². The van der Waals surface area contributed by atoms with Crippen molar-refractivity contribution in [3.8, 4) is 0 Å². The third-order valence-corrected chi connectivity index (χ3v) is 9.10. The summed E-state index contributed by atoms with van der Waals surface area (Å²) >= 11 is 2.98. The summed E-state index contributed by atoms with van der Waals surface area (Å²) in [6.07, 6.45) is 1.44. The molecule has 0 saturated carbocycles. The largest absolute Gasteiger partial charge is 0.355 e. The summed E-state index contributed by atoms with van der Waals surface area (Å²) < 4.78 is 27.4. The molecular weight excluding hydrogens is 412 g/mol. The number of nitrogens with zero attached hydrogens (tertiary/aromatic N) is 1. The Hall–Kier alpha value is -1.35. The van der Waals surface area contributed by atoms with Gasteiger partial charge in [0.2, 0.25) is 5.91 Å². The Kier molecular flexibility index (Phi) is 7.20. The lowest BCUT2D eigenvalue weighted by molar-refractivity contribution is -0.125. The first-order chi connectivity index (χ1) is 13.4. The zero-order valence-electron chi connectivity index (χ0n) is 16.2. The number of benzene rings is 1. The number of aryl methyl sites for hydroxylation is 2. The van der Waals surface area contributed by atoms with Crippen molar-refractivity contribution in [1.29, 1.82) is 0 Å². The van der Waals surface area contributed by atoms with Gasteiger partial charge in [0.15, 0.2) is 0 Å². The van der Waals surface area contributed by atoms with Gasteiger partial charge in [-0.1, -0.05) is 17.7 Å². The highest BCUT2D eigenvalue weighted by atomic mass is 32.2. The van der Waals surface area contributed by atoms with Gasteiger partial charge >= 0.3 is 0 Å². The first-order valence-corrected chi connectivity index (χ1v) is 12.6. The van der Waals surface area contributed by atoms with Gasteiger partial charge in [0.25, 0.3) is 10.0 Å². The van der Waals surface area contributed by atoms with E-state index in [0.29, 0.717) is 23.7 Å². The molecule has 1 amide bonds. The normalized spacial score (nSPS) is 18.1. The van der Waals surface area contributed by atoms with Crippen molar-refractivity contribution in [2.24, 2.45) is 5.92 Å². The number of carbonyl (C=O) groups excluding carboxylic acids is 1. The van der Waals surface area contributed by atoms with Crippen molar-refractivity contribution in [2.75, 3.05) is 25.4 Å². The van der Waals surface area contributed by atoms with Crippen LogP contribution in [0, 0.1) is 19.8 Å². The van der Waals surface area contributed by atoms with Gasteiger partial charge < -0.3 is 5.32 Å². The van der Waals surface area contributed by atoms with Gasteiger partial charge in [0.05, 0.1) is 5.92 Å². The van der Waals surface area contributed by atoms with Crippen molar-refractivity contribution in [3.05, 3.63) is 46.8 Å². The molecule has 1 aromatic carbocycles. The number of nitrogens with one attached hydrogen (secondary N) is 1. The molecule has 1 saturated heterocycles. The molecule has 0 radical (unpaired) electrons. The highest BCUT2D eigenvalue weighted by Crippen LogP contribution is 2.28. The predicted octanol–water partition coefficient (Wildman–Crippen LogP) is 3.67. The van der Waals surface area contributed by atoms with Crippen molar-refractivity contribution < 1.29 is 13.2 Å². The van der Waals surface area contributed by atoms with Gasteiger partial charge in [-0.15, -0.1) is 23.1 Å². The fourth-order valence-corrected chi connectivity index (χ4v) is 6.90. The highest BCUT2D eigenvalue weighted by molar-refractivity contribution is 7.99. The van der Waals surface area contributed by atoms with Gasteiger partial charge in [-0.25, -0.2) is 8.42 Å². The minimum Gasteiger partial charge on any atom is -0.355 e. The van der Waals surface area contributed by atoms with Gasteiger partial charge in [0.1, 0.15) is 4.21 Å². The van der Waals surface area contributed by atoms with Crippen LogP contribution in [0.3, 0.4) is 0 Å². The molecule has 0 aliphatic carbocycles. The molecule has 1 aliphatic rings. The van der Waals surface area contributed by atoms with E-state index < -0.39 is 10.0 Å². The quantitative estimate of drug-likeness (QED) is 0.529. The standard InChI is InChI=1S/C20H26N2O3S3/c1-15-5-8-18(9-6-15)26-13-11-21-20(23)17-4-3-12-22(14-17)28(24,25)19-10-7-16(2)27-19/h5-10,17H,3-4,11-14H2,1-2H3,(H,21,23). The molecule has 3 rings (SSSR count). The van der Waals surface area contributed by atoms with Gasteiger partial charge in [-0.05, 0) is 51.0 Å². The second kappa shape index (κ2) is 9.43. The molecule has 2 heterocycles. The van der Waals surface area contributed by atoms with Crippen LogP contribution in [0.15, 0.2) is 45.5 Å². The van der Waals surface area contributed by atoms with Crippen molar-refractivity contribution in [1.82, 2.24) is 9.62 Å². The number of rotatable bonds is 7. The minimum atomic E-state index is -3.50. The van der Waals surface area contributed by atoms with E-state index in [0.717, 1.165) is 17.1 Å². The molecule has 28 heavy (non-hydrogen) atoms. The molecule has 1 aromatic heterocycles. The molecule has 0 spiro atoms. The first-order valence-electron chi connectivity index (χ1n) is 9.40. The number of hydrogen-bond donors (Lipinski definition) is 1. The fourth-order valence-electron chi connectivity index (χ4n) is 3.17. The van der Waals surface area contributed by atoms with Crippen LogP contribution < -0.4 is 5.32 Å². The van der Waals surface area contributed by atoms with E-state index in [2.05, 4.69) is 36.5 Å². The monoisotopic (exact) mass is 438 g/mol. The minimum absolute atomic E-state index is 0.0493. The van der Waals surface area contributed by atoms with Crippen LogP contribution in [0.5, 0.6) is 0 Å². The van der Waals surface area contributed by atoms with Crippen molar-refractivity contribution >= 4 is 39.0 Å². The smallest absolute Gasteiger partial charge is 0.252 e.